The van der Waals surface area contributed by atoms with E-state index in [1.165, 1.54) is 6.20 Å². The van der Waals surface area contributed by atoms with E-state index in [0.717, 1.165) is 11.1 Å². The van der Waals surface area contributed by atoms with E-state index in [2.05, 4.69) is 15.6 Å². The van der Waals surface area contributed by atoms with Crippen molar-refractivity contribution in [3.05, 3.63) is 94.8 Å². The molecule has 1 heterocycles. The summed E-state index contributed by atoms with van der Waals surface area (Å²) in [6, 6.07) is 18.0. The number of rotatable bonds is 6. The molecular weight excluding hydrogens is 362 g/mol. The Kier molecular flexibility index (Phi) is 6.18. The molecule has 1 aromatic heterocycles. The maximum Gasteiger partial charge on any atom is 0.257 e. The predicted molar refractivity (Wildman–Crippen MR) is 106 cm³/mol. The van der Waals surface area contributed by atoms with Crippen LogP contribution in [-0.2, 0) is 17.8 Å². The molecule has 0 aliphatic rings. The number of hydrogen-bond donors (Lipinski definition) is 2. The maximum absolute atomic E-state index is 12.2. The molecule has 0 radical (unpaired) electrons. The lowest BCUT2D eigenvalue weighted by Gasteiger charge is -2.09. The number of carbonyl (C=O) groups is 2. The molecule has 136 valence electrons. The largest absolute Gasteiger partial charge is 0.352 e. The molecule has 2 aromatic carbocycles. The molecule has 27 heavy (non-hydrogen) atoms. The summed E-state index contributed by atoms with van der Waals surface area (Å²) >= 11 is 6.08. The van der Waals surface area contributed by atoms with E-state index in [1.54, 1.807) is 30.5 Å². The fraction of sp³-hybridized carbons (Fsp3) is 0.0952. The van der Waals surface area contributed by atoms with E-state index in [4.69, 9.17) is 11.6 Å². The summed E-state index contributed by atoms with van der Waals surface area (Å²) in [4.78, 5) is 28.3. The smallest absolute Gasteiger partial charge is 0.257 e. The van der Waals surface area contributed by atoms with Crippen LogP contribution in [0.25, 0.3) is 0 Å². The van der Waals surface area contributed by atoms with Gasteiger partial charge >= 0.3 is 0 Å². The lowest BCUT2D eigenvalue weighted by Crippen LogP contribution is -2.24. The number of halogens is 1. The average Bonchev–Trinajstić information content (AvgIpc) is 2.69. The zero-order chi connectivity index (χ0) is 19.1. The molecule has 0 unspecified atom stereocenters. The Labute approximate surface area is 162 Å². The first-order chi connectivity index (χ1) is 13.1. The Balaban J connectivity index is 1.57. The van der Waals surface area contributed by atoms with Crippen LogP contribution in [-0.4, -0.2) is 16.8 Å². The number of anilines is 1. The van der Waals surface area contributed by atoms with Crippen molar-refractivity contribution in [1.29, 1.82) is 0 Å². The van der Waals surface area contributed by atoms with Gasteiger partial charge in [0.25, 0.3) is 5.91 Å². The first-order valence-corrected chi connectivity index (χ1v) is 8.80. The quantitative estimate of drug-likeness (QED) is 0.683. The van der Waals surface area contributed by atoms with Gasteiger partial charge in [-0.1, -0.05) is 41.9 Å². The van der Waals surface area contributed by atoms with Crippen LogP contribution in [0.3, 0.4) is 0 Å². The van der Waals surface area contributed by atoms with Gasteiger partial charge in [-0.15, -0.1) is 0 Å². The van der Waals surface area contributed by atoms with Gasteiger partial charge in [-0.25, -0.2) is 0 Å². The maximum atomic E-state index is 12.2. The summed E-state index contributed by atoms with van der Waals surface area (Å²) in [5.41, 5.74) is 2.80. The molecule has 0 aliphatic heterocycles. The van der Waals surface area contributed by atoms with Gasteiger partial charge < -0.3 is 10.6 Å². The highest BCUT2D eigenvalue weighted by molar-refractivity contribution is 6.31. The number of carbonyl (C=O) groups excluding carboxylic acids is 2. The molecule has 0 bridgehead atoms. The lowest BCUT2D eigenvalue weighted by molar-refractivity contribution is -0.120. The normalized spacial score (nSPS) is 10.3. The minimum Gasteiger partial charge on any atom is -0.352 e. The van der Waals surface area contributed by atoms with Crippen LogP contribution in [0, 0.1) is 0 Å². The van der Waals surface area contributed by atoms with Crippen LogP contribution < -0.4 is 10.6 Å². The van der Waals surface area contributed by atoms with Gasteiger partial charge in [0, 0.05) is 29.6 Å². The van der Waals surface area contributed by atoms with Crippen LogP contribution in [0.15, 0.2) is 73.1 Å². The highest BCUT2D eigenvalue weighted by Crippen LogP contribution is 2.16. The molecule has 0 saturated heterocycles. The fourth-order valence-corrected chi connectivity index (χ4v) is 2.74. The van der Waals surface area contributed by atoms with Crippen LogP contribution in [0.1, 0.15) is 21.5 Å². The molecule has 0 saturated carbocycles. The Bertz CT molecular complexity index is 945. The number of nitrogens with one attached hydrogen (secondary N) is 2. The van der Waals surface area contributed by atoms with E-state index in [0.29, 0.717) is 22.8 Å². The van der Waals surface area contributed by atoms with Gasteiger partial charge in [0.1, 0.15) is 0 Å². The van der Waals surface area contributed by atoms with Gasteiger partial charge in [-0.05, 0) is 41.5 Å². The highest BCUT2D eigenvalue weighted by atomic mass is 35.5. The molecule has 0 atom stereocenters. The zero-order valence-electron chi connectivity index (χ0n) is 14.5. The summed E-state index contributed by atoms with van der Waals surface area (Å²) < 4.78 is 0. The van der Waals surface area contributed by atoms with Crippen molar-refractivity contribution in [3.8, 4) is 0 Å². The molecular formula is C21H18ClN3O2. The average molecular weight is 380 g/mol. The standard InChI is InChI=1S/C21H18ClN3O2/c22-19-9-2-1-6-16(19)12-20(26)24-13-15-5-3-8-18(11-15)25-21(27)17-7-4-10-23-14-17/h1-11,14H,12-13H2,(H,24,26)(H,25,27). The third kappa shape index (κ3) is 5.39. The van der Waals surface area contributed by atoms with Crippen LogP contribution in [0.4, 0.5) is 5.69 Å². The summed E-state index contributed by atoms with van der Waals surface area (Å²) in [6.45, 7) is 0.361. The topological polar surface area (TPSA) is 71.1 Å². The monoisotopic (exact) mass is 379 g/mol. The Morgan fingerprint density at radius 2 is 1.85 bits per heavy atom. The lowest BCUT2D eigenvalue weighted by atomic mass is 10.1. The van der Waals surface area contributed by atoms with Gasteiger partial charge in [0.05, 0.1) is 12.0 Å². The van der Waals surface area contributed by atoms with Crippen molar-refractivity contribution < 1.29 is 9.59 Å². The van der Waals surface area contributed by atoms with E-state index in [1.807, 2.05) is 36.4 Å². The predicted octanol–water partition coefficient (Wildman–Crippen LogP) is 3.85. The second kappa shape index (κ2) is 8.96. The summed E-state index contributed by atoms with van der Waals surface area (Å²) in [5, 5.41) is 6.27. The van der Waals surface area contributed by atoms with Crippen molar-refractivity contribution in [1.82, 2.24) is 10.3 Å². The third-order valence-corrected chi connectivity index (χ3v) is 4.28. The molecule has 0 spiro atoms. The molecule has 0 aliphatic carbocycles. The number of aromatic nitrogens is 1. The summed E-state index contributed by atoms with van der Waals surface area (Å²) in [6.07, 6.45) is 3.34. The summed E-state index contributed by atoms with van der Waals surface area (Å²) in [7, 11) is 0. The van der Waals surface area contributed by atoms with Gasteiger partial charge in [-0.2, -0.15) is 0 Å². The number of amides is 2. The van der Waals surface area contributed by atoms with Crippen molar-refractivity contribution >= 4 is 29.1 Å². The van der Waals surface area contributed by atoms with Gasteiger partial charge in [-0.3, -0.25) is 14.6 Å². The van der Waals surface area contributed by atoms with E-state index >= 15 is 0 Å². The Morgan fingerprint density at radius 1 is 1.00 bits per heavy atom. The second-order valence-corrected chi connectivity index (χ2v) is 6.35. The minimum atomic E-state index is -0.233. The molecule has 6 heteroatoms. The van der Waals surface area contributed by atoms with Crippen molar-refractivity contribution in [2.45, 2.75) is 13.0 Å². The number of nitrogens with zero attached hydrogens (tertiary/aromatic N) is 1. The van der Waals surface area contributed by atoms with Gasteiger partial charge in [0.2, 0.25) is 5.91 Å². The van der Waals surface area contributed by atoms with Crippen molar-refractivity contribution in [2.75, 3.05) is 5.32 Å². The summed E-state index contributed by atoms with van der Waals surface area (Å²) in [5.74, 6) is -0.351. The molecule has 2 N–H and O–H groups in total. The first kappa shape index (κ1) is 18.6. The minimum absolute atomic E-state index is 0.118. The SMILES string of the molecule is O=C(Cc1ccccc1Cl)NCc1cccc(NC(=O)c2cccnc2)c1. The van der Waals surface area contributed by atoms with Crippen molar-refractivity contribution in [2.24, 2.45) is 0 Å². The van der Waals surface area contributed by atoms with Crippen LogP contribution in [0.5, 0.6) is 0 Å². The Hall–Kier alpha value is -3.18. The van der Waals surface area contributed by atoms with E-state index in [-0.39, 0.29) is 18.2 Å². The first-order valence-electron chi connectivity index (χ1n) is 8.42. The van der Waals surface area contributed by atoms with Crippen molar-refractivity contribution in [3.63, 3.8) is 0 Å². The second-order valence-electron chi connectivity index (χ2n) is 5.94. The number of hydrogen-bond acceptors (Lipinski definition) is 3. The van der Waals surface area contributed by atoms with E-state index < -0.39 is 0 Å². The molecule has 3 aromatic rings. The highest BCUT2D eigenvalue weighted by Gasteiger charge is 2.08. The Morgan fingerprint density at radius 3 is 2.63 bits per heavy atom. The zero-order valence-corrected chi connectivity index (χ0v) is 15.2. The molecule has 0 fully saturated rings. The molecule has 2 amide bonds. The molecule has 3 rings (SSSR count). The third-order valence-electron chi connectivity index (χ3n) is 3.91. The van der Waals surface area contributed by atoms with Gasteiger partial charge in [0.15, 0.2) is 0 Å². The van der Waals surface area contributed by atoms with E-state index in [9.17, 15) is 9.59 Å². The number of benzene rings is 2. The number of pyridine rings is 1. The fourth-order valence-electron chi connectivity index (χ4n) is 2.54. The van der Waals surface area contributed by atoms with Crippen LogP contribution >= 0.6 is 11.6 Å². The molecule has 5 nitrogen and oxygen atoms in total. The van der Waals surface area contributed by atoms with Crippen LogP contribution in [0.2, 0.25) is 5.02 Å².